The van der Waals surface area contributed by atoms with Gasteiger partial charge in [-0.2, -0.15) is 13.2 Å². The Kier molecular flexibility index (Phi) is 4.16. The molecule has 3 rings (SSSR count). The van der Waals surface area contributed by atoms with Crippen molar-refractivity contribution in [2.45, 2.75) is 18.6 Å². The Labute approximate surface area is 140 Å². The molecule has 1 amide bonds. The maximum atomic E-state index is 14.3. The molecule has 1 aliphatic heterocycles. The van der Waals surface area contributed by atoms with Crippen LogP contribution >= 0.6 is 0 Å². The summed E-state index contributed by atoms with van der Waals surface area (Å²) in [5, 5.41) is 0. The van der Waals surface area contributed by atoms with Gasteiger partial charge >= 0.3 is 6.18 Å². The van der Waals surface area contributed by atoms with E-state index in [2.05, 4.69) is 0 Å². The lowest BCUT2D eigenvalue weighted by atomic mass is 9.97. The summed E-state index contributed by atoms with van der Waals surface area (Å²) in [6, 6.07) is 6.23. The van der Waals surface area contributed by atoms with E-state index in [1.165, 1.54) is 25.2 Å². The fraction of sp³-hybridized carbons (Fsp3) is 0.235. The highest BCUT2D eigenvalue weighted by Crippen LogP contribution is 2.43. The molecule has 0 unspecified atom stereocenters. The van der Waals surface area contributed by atoms with Crippen LogP contribution in [0.25, 0.3) is 0 Å². The Morgan fingerprint density at radius 1 is 1.20 bits per heavy atom. The first-order valence-electron chi connectivity index (χ1n) is 7.38. The molecule has 1 atom stereocenters. The second kappa shape index (κ2) is 6.03. The van der Waals surface area contributed by atoms with Crippen molar-refractivity contribution in [2.24, 2.45) is 5.73 Å². The van der Waals surface area contributed by atoms with Crippen molar-refractivity contribution >= 4 is 11.6 Å². The Bertz CT molecular complexity index is 836. The third kappa shape index (κ3) is 3.05. The van der Waals surface area contributed by atoms with Crippen LogP contribution in [0.4, 0.5) is 23.2 Å². The fourth-order valence-electron chi connectivity index (χ4n) is 2.80. The van der Waals surface area contributed by atoms with Gasteiger partial charge in [-0.3, -0.25) is 4.79 Å². The standard InChI is InChI=1S/C17H14F4N2O2/c1-23-14-9(8-12(22)16(23)24)6-7-11(18)15(14)25-13-5-3-2-4-10(13)17(19,20)21/h2-7,12H,8,22H2,1H3/t12-/m1/s1. The van der Waals surface area contributed by atoms with E-state index < -0.39 is 41.0 Å². The van der Waals surface area contributed by atoms with Gasteiger partial charge in [0.05, 0.1) is 17.3 Å². The molecule has 132 valence electrons. The number of benzene rings is 2. The summed E-state index contributed by atoms with van der Waals surface area (Å²) in [5.41, 5.74) is 5.31. The molecule has 4 nitrogen and oxygen atoms in total. The van der Waals surface area contributed by atoms with E-state index in [9.17, 15) is 22.4 Å². The van der Waals surface area contributed by atoms with Crippen molar-refractivity contribution in [1.29, 1.82) is 0 Å². The monoisotopic (exact) mass is 354 g/mol. The predicted molar refractivity (Wildman–Crippen MR) is 83.0 cm³/mol. The second-order valence-electron chi connectivity index (χ2n) is 5.69. The number of carbonyl (C=O) groups is 1. The summed E-state index contributed by atoms with van der Waals surface area (Å²) >= 11 is 0. The lowest BCUT2D eigenvalue weighted by Crippen LogP contribution is -2.47. The Hall–Kier alpha value is -2.61. The van der Waals surface area contributed by atoms with E-state index in [4.69, 9.17) is 10.5 Å². The number of halogens is 4. The molecule has 0 fully saturated rings. The lowest BCUT2D eigenvalue weighted by molar-refractivity contribution is -0.138. The van der Waals surface area contributed by atoms with Crippen molar-refractivity contribution in [3.63, 3.8) is 0 Å². The summed E-state index contributed by atoms with van der Waals surface area (Å²) < 4.78 is 59.0. The summed E-state index contributed by atoms with van der Waals surface area (Å²) in [5.74, 6) is -2.31. The first kappa shape index (κ1) is 17.2. The smallest absolute Gasteiger partial charge is 0.419 e. The van der Waals surface area contributed by atoms with E-state index in [1.54, 1.807) is 0 Å². The number of rotatable bonds is 2. The summed E-state index contributed by atoms with van der Waals surface area (Å²) in [6.45, 7) is 0. The fourth-order valence-corrected chi connectivity index (χ4v) is 2.80. The molecule has 0 aromatic heterocycles. The average Bonchev–Trinajstić information content (AvgIpc) is 2.55. The molecule has 1 aliphatic rings. The van der Waals surface area contributed by atoms with Gasteiger partial charge in [0.15, 0.2) is 11.6 Å². The zero-order valence-corrected chi connectivity index (χ0v) is 13.1. The van der Waals surface area contributed by atoms with Crippen LogP contribution in [-0.4, -0.2) is 19.0 Å². The molecule has 2 aromatic rings. The topological polar surface area (TPSA) is 55.6 Å². The molecule has 8 heteroatoms. The van der Waals surface area contributed by atoms with Gasteiger partial charge < -0.3 is 15.4 Å². The van der Waals surface area contributed by atoms with Gasteiger partial charge in [0.1, 0.15) is 5.75 Å². The highest BCUT2D eigenvalue weighted by atomic mass is 19.4. The van der Waals surface area contributed by atoms with Crippen molar-refractivity contribution in [3.8, 4) is 11.5 Å². The van der Waals surface area contributed by atoms with E-state index >= 15 is 0 Å². The molecule has 0 spiro atoms. The highest BCUT2D eigenvalue weighted by Gasteiger charge is 2.36. The molecule has 0 radical (unpaired) electrons. The number of para-hydroxylation sites is 1. The number of likely N-dealkylation sites (N-methyl/N-ethyl adjacent to an activating group) is 1. The number of carbonyl (C=O) groups excluding carboxylic acids is 1. The number of nitrogens with two attached hydrogens (primary N) is 1. The maximum Gasteiger partial charge on any atom is 0.419 e. The summed E-state index contributed by atoms with van der Waals surface area (Å²) in [4.78, 5) is 13.2. The van der Waals surface area contributed by atoms with Crippen LogP contribution in [0.3, 0.4) is 0 Å². The molecule has 0 aliphatic carbocycles. The van der Waals surface area contributed by atoms with Crippen molar-refractivity contribution in [1.82, 2.24) is 0 Å². The molecular formula is C17H14F4N2O2. The normalized spacial score (nSPS) is 17.4. The highest BCUT2D eigenvalue weighted by molar-refractivity contribution is 6.01. The first-order valence-corrected chi connectivity index (χ1v) is 7.38. The number of alkyl halides is 3. The minimum atomic E-state index is -4.66. The number of fused-ring (bicyclic) bond motifs is 1. The maximum absolute atomic E-state index is 14.3. The predicted octanol–water partition coefficient (Wildman–Crippen LogP) is 3.48. The van der Waals surface area contributed by atoms with E-state index in [-0.39, 0.29) is 12.1 Å². The SMILES string of the molecule is CN1C(=O)[C@H](N)Cc2ccc(F)c(Oc3ccccc3C(F)(F)F)c21. The van der Waals surface area contributed by atoms with Crippen LogP contribution in [0.5, 0.6) is 11.5 Å². The minimum absolute atomic E-state index is 0.0867. The number of nitrogens with zero attached hydrogens (tertiary/aromatic N) is 1. The Morgan fingerprint density at radius 2 is 1.88 bits per heavy atom. The van der Waals surface area contributed by atoms with Crippen LogP contribution in [0.15, 0.2) is 36.4 Å². The molecule has 0 saturated heterocycles. The van der Waals surface area contributed by atoms with Crippen LogP contribution in [0, 0.1) is 5.82 Å². The Morgan fingerprint density at radius 3 is 2.56 bits per heavy atom. The van der Waals surface area contributed by atoms with Crippen molar-refractivity contribution in [2.75, 3.05) is 11.9 Å². The summed E-state index contributed by atoms with van der Waals surface area (Å²) in [6.07, 6.45) is -4.51. The molecule has 25 heavy (non-hydrogen) atoms. The van der Waals surface area contributed by atoms with E-state index in [1.807, 2.05) is 0 Å². The minimum Gasteiger partial charge on any atom is -0.451 e. The van der Waals surface area contributed by atoms with Gasteiger partial charge in [0, 0.05) is 7.05 Å². The van der Waals surface area contributed by atoms with Crippen LogP contribution in [0.2, 0.25) is 0 Å². The molecule has 0 bridgehead atoms. The van der Waals surface area contributed by atoms with Crippen LogP contribution in [0.1, 0.15) is 11.1 Å². The van der Waals surface area contributed by atoms with E-state index in [0.29, 0.717) is 5.56 Å². The van der Waals surface area contributed by atoms with Gasteiger partial charge in [-0.15, -0.1) is 0 Å². The molecular weight excluding hydrogens is 340 g/mol. The molecule has 0 saturated carbocycles. The number of anilines is 1. The summed E-state index contributed by atoms with van der Waals surface area (Å²) in [7, 11) is 1.38. The molecule has 2 aromatic carbocycles. The quantitative estimate of drug-likeness (QED) is 0.840. The largest absolute Gasteiger partial charge is 0.451 e. The molecule has 2 N–H and O–H groups in total. The number of ether oxygens (including phenoxy) is 1. The number of hydrogen-bond donors (Lipinski definition) is 1. The van der Waals surface area contributed by atoms with Gasteiger partial charge in [-0.25, -0.2) is 4.39 Å². The van der Waals surface area contributed by atoms with Gasteiger partial charge in [0.25, 0.3) is 0 Å². The van der Waals surface area contributed by atoms with Crippen LogP contribution < -0.4 is 15.4 Å². The zero-order chi connectivity index (χ0) is 18.4. The zero-order valence-electron chi connectivity index (χ0n) is 13.1. The Balaban J connectivity index is 2.12. The van der Waals surface area contributed by atoms with Gasteiger partial charge in [-0.1, -0.05) is 18.2 Å². The van der Waals surface area contributed by atoms with Crippen molar-refractivity contribution < 1.29 is 27.1 Å². The van der Waals surface area contributed by atoms with E-state index in [0.717, 1.165) is 23.1 Å². The number of amides is 1. The third-order valence-corrected chi connectivity index (χ3v) is 3.99. The first-order chi connectivity index (χ1) is 11.7. The lowest BCUT2D eigenvalue weighted by Gasteiger charge is -2.31. The number of hydrogen-bond acceptors (Lipinski definition) is 3. The third-order valence-electron chi connectivity index (χ3n) is 3.99. The van der Waals surface area contributed by atoms with Gasteiger partial charge in [0.2, 0.25) is 5.91 Å². The molecule has 1 heterocycles. The average molecular weight is 354 g/mol. The van der Waals surface area contributed by atoms with Crippen molar-refractivity contribution in [3.05, 3.63) is 53.3 Å². The van der Waals surface area contributed by atoms with Gasteiger partial charge in [-0.05, 0) is 30.2 Å². The second-order valence-corrected chi connectivity index (χ2v) is 5.69. The van der Waals surface area contributed by atoms with Crippen LogP contribution in [-0.2, 0) is 17.4 Å².